The Morgan fingerprint density at radius 2 is 1.79 bits per heavy atom. The molecule has 0 saturated carbocycles. The van der Waals surface area contributed by atoms with Crippen LogP contribution in [-0.4, -0.2) is 26.3 Å². The van der Waals surface area contributed by atoms with Crippen LogP contribution in [0, 0.1) is 17.0 Å². The maximum Gasteiger partial charge on any atom is 0.336 e. The number of hydrogen-bond donors (Lipinski definition) is 2. The van der Waals surface area contributed by atoms with Crippen molar-refractivity contribution in [2.45, 2.75) is 6.92 Å². The molecule has 1 aromatic heterocycles. The van der Waals surface area contributed by atoms with Crippen LogP contribution in [0.25, 0.3) is 22.2 Å². The maximum atomic E-state index is 11.7. The molecule has 29 heavy (non-hydrogen) atoms. The average molecular weight is 390 g/mol. The van der Waals surface area contributed by atoms with Crippen LogP contribution >= 0.6 is 0 Å². The summed E-state index contributed by atoms with van der Waals surface area (Å²) in [6.45, 7) is 1.95. The third-order valence-electron chi connectivity index (χ3n) is 4.48. The minimum atomic E-state index is -1.04. The van der Waals surface area contributed by atoms with Gasteiger partial charge >= 0.3 is 11.7 Å². The maximum absolute atomic E-state index is 11.7. The first-order chi connectivity index (χ1) is 13.9. The Hall–Kier alpha value is -4.27. The molecule has 0 atom stereocenters. The molecule has 1 heterocycles. The summed E-state index contributed by atoms with van der Waals surface area (Å²) in [5.74, 6) is -1.04. The summed E-state index contributed by atoms with van der Waals surface area (Å²) in [5.41, 5.74) is 3.58. The number of aryl methyl sites for hydroxylation is 1. The van der Waals surface area contributed by atoms with Crippen molar-refractivity contribution >= 4 is 34.1 Å². The highest BCUT2D eigenvalue weighted by molar-refractivity contribution is 5.98. The first-order valence-corrected chi connectivity index (χ1v) is 8.55. The molecule has 9 heteroatoms. The van der Waals surface area contributed by atoms with Gasteiger partial charge in [0.05, 0.1) is 16.2 Å². The van der Waals surface area contributed by atoms with Gasteiger partial charge in [0.2, 0.25) is 5.52 Å². The molecular formula is C20H14N4O5. The number of benzene rings is 3. The highest BCUT2D eigenvalue weighted by Gasteiger charge is 2.20. The molecule has 0 bridgehead atoms. The number of nitro benzene ring substituents is 1. The molecule has 3 aromatic carbocycles. The van der Waals surface area contributed by atoms with Gasteiger partial charge in [0.1, 0.15) is 0 Å². The highest BCUT2D eigenvalue weighted by Crippen LogP contribution is 2.33. The lowest BCUT2D eigenvalue weighted by Crippen LogP contribution is -2.01. The molecule has 0 aliphatic rings. The van der Waals surface area contributed by atoms with E-state index in [-0.39, 0.29) is 22.3 Å². The number of aromatic carboxylic acids is 1. The molecule has 0 spiro atoms. The number of carbonyl (C=O) groups is 1. The van der Waals surface area contributed by atoms with E-state index in [0.29, 0.717) is 16.9 Å². The van der Waals surface area contributed by atoms with E-state index in [9.17, 15) is 20.0 Å². The fraction of sp³-hybridized carbons (Fsp3) is 0.0500. The van der Waals surface area contributed by atoms with E-state index in [1.54, 1.807) is 12.1 Å². The van der Waals surface area contributed by atoms with Crippen LogP contribution in [0.5, 0.6) is 0 Å². The minimum Gasteiger partial charge on any atom is -0.478 e. The number of hydrogen-bond acceptors (Lipinski definition) is 7. The molecule has 9 nitrogen and oxygen atoms in total. The monoisotopic (exact) mass is 390 g/mol. The molecule has 0 amide bonds. The first-order valence-electron chi connectivity index (χ1n) is 8.55. The van der Waals surface area contributed by atoms with Crippen molar-refractivity contribution in [3.05, 3.63) is 75.8 Å². The van der Waals surface area contributed by atoms with Crippen molar-refractivity contribution < 1.29 is 19.5 Å². The van der Waals surface area contributed by atoms with Gasteiger partial charge in [0.25, 0.3) is 0 Å². The predicted octanol–water partition coefficient (Wildman–Crippen LogP) is 4.55. The van der Waals surface area contributed by atoms with Crippen LogP contribution in [0.1, 0.15) is 15.9 Å². The number of aromatic nitrogens is 2. The van der Waals surface area contributed by atoms with Gasteiger partial charge in [-0.15, -0.1) is 0 Å². The summed E-state index contributed by atoms with van der Waals surface area (Å²) in [4.78, 5) is 22.2. The molecule has 2 N–H and O–H groups in total. The van der Waals surface area contributed by atoms with E-state index in [2.05, 4.69) is 20.3 Å². The Bertz CT molecular complexity index is 1250. The van der Waals surface area contributed by atoms with Crippen LogP contribution in [-0.2, 0) is 0 Å². The van der Waals surface area contributed by atoms with Gasteiger partial charge in [-0.2, -0.15) is 0 Å². The van der Waals surface area contributed by atoms with Crippen molar-refractivity contribution in [1.29, 1.82) is 0 Å². The number of non-ortho nitro benzene ring substituents is 1. The second kappa shape index (κ2) is 7.04. The Kier molecular flexibility index (Phi) is 4.40. The van der Waals surface area contributed by atoms with Crippen LogP contribution in [0.4, 0.5) is 17.1 Å². The molecule has 0 saturated heterocycles. The first kappa shape index (κ1) is 18.1. The number of rotatable bonds is 5. The van der Waals surface area contributed by atoms with Crippen LogP contribution in [0.15, 0.2) is 59.2 Å². The van der Waals surface area contributed by atoms with E-state index >= 15 is 0 Å². The number of carboxylic acids is 1. The largest absolute Gasteiger partial charge is 0.478 e. The predicted molar refractivity (Wildman–Crippen MR) is 105 cm³/mol. The van der Waals surface area contributed by atoms with Gasteiger partial charge in [0, 0.05) is 11.8 Å². The standard InChI is InChI=1S/C20H14N4O5/c1-11-2-4-12(5-3-11)15-10-13(6-7-14(15)20(25)26)21-16-8-9-17(24(27)28)19-18(16)22-29-23-19/h2-10,21H,1H3,(H,25,26). The van der Waals surface area contributed by atoms with Crippen LogP contribution < -0.4 is 5.32 Å². The number of anilines is 2. The molecule has 0 radical (unpaired) electrons. The summed E-state index contributed by atoms with van der Waals surface area (Å²) in [6.07, 6.45) is 0. The lowest BCUT2D eigenvalue weighted by atomic mass is 9.98. The van der Waals surface area contributed by atoms with E-state index in [0.717, 1.165) is 11.1 Å². The SMILES string of the molecule is Cc1ccc(-c2cc(Nc3ccc([N+](=O)[O-])c4nonc34)ccc2C(=O)O)cc1. The Morgan fingerprint density at radius 3 is 2.48 bits per heavy atom. The van der Waals surface area contributed by atoms with Crippen molar-refractivity contribution in [2.24, 2.45) is 0 Å². The summed E-state index contributed by atoms with van der Waals surface area (Å²) in [6, 6.07) is 15.1. The second-order valence-electron chi connectivity index (χ2n) is 6.41. The molecule has 144 valence electrons. The molecule has 0 aliphatic carbocycles. The summed E-state index contributed by atoms with van der Waals surface area (Å²) in [5, 5.41) is 31.1. The zero-order valence-electron chi connectivity index (χ0n) is 15.1. The van der Waals surface area contributed by atoms with Gasteiger partial charge in [0.15, 0.2) is 5.52 Å². The fourth-order valence-electron chi connectivity index (χ4n) is 3.04. The smallest absolute Gasteiger partial charge is 0.336 e. The third kappa shape index (κ3) is 3.36. The van der Waals surface area contributed by atoms with E-state index in [1.807, 2.05) is 31.2 Å². The number of nitrogens with one attached hydrogen (secondary N) is 1. The van der Waals surface area contributed by atoms with Gasteiger partial charge in [-0.1, -0.05) is 29.8 Å². The molecule has 0 unspecified atom stereocenters. The summed E-state index contributed by atoms with van der Waals surface area (Å²) >= 11 is 0. The van der Waals surface area contributed by atoms with E-state index in [4.69, 9.17) is 0 Å². The highest BCUT2D eigenvalue weighted by atomic mass is 16.6. The number of fused-ring (bicyclic) bond motifs is 1. The second-order valence-corrected chi connectivity index (χ2v) is 6.41. The Balaban J connectivity index is 1.78. The fourth-order valence-corrected chi connectivity index (χ4v) is 3.04. The molecule has 4 rings (SSSR count). The Labute approximate surface area is 163 Å². The number of carboxylic acid groups (broad SMARTS) is 1. The molecular weight excluding hydrogens is 376 g/mol. The van der Waals surface area contributed by atoms with Crippen LogP contribution in [0.2, 0.25) is 0 Å². The van der Waals surface area contributed by atoms with E-state index in [1.165, 1.54) is 18.2 Å². The lowest BCUT2D eigenvalue weighted by Gasteiger charge is -2.12. The van der Waals surface area contributed by atoms with Crippen molar-refractivity contribution in [2.75, 3.05) is 5.32 Å². The van der Waals surface area contributed by atoms with Gasteiger partial charge in [-0.3, -0.25) is 10.1 Å². The van der Waals surface area contributed by atoms with Gasteiger partial charge in [-0.25, -0.2) is 9.42 Å². The third-order valence-corrected chi connectivity index (χ3v) is 4.48. The molecule has 0 fully saturated rings. The molecule has 0 aliphatic heterocycles. The zero-order valence-corrected chi connectivity index (χ0v) is 15.1. The topological polar surface area (TPSA) is 131 Å². The lowest BCUT2D eigenvalue weighted by molar-refractivity contribution is -0.383. The quantitative estimate of drug-likeness (QED) is 0.375. The summed E-state index contributed by atoms with van der Waals surface area (Å²) < 4.78 is 4.67. The van der Waals surface area contributed by atoms with Crippen molar-refractivity contribution in [3.8, 4) is 11.1 Å². The number of nitro groups is 1. The number of nitrogens with zero attached hydrogens (tertiary/aromatic N) is 3. The average Bonchev–Trinajstić information content (AvgIpc) is 3.18. The van der Waals surface area contributed by atoms with Crippen molar-refractivity contribution in [3.63, 3.8) is 0 Å². The summed E-state index contributed by atoms with van der Waals surface area (Å²) in [7, 11) is 0. The van der Waals surface area contributed by atoms with E-state index < -0.39 is 10.9 Å². The Morgan fingerprint density at radius 1 is 1.07 bits per heavy atom. The van der Waals surface area contributed by atoms with Gasteiger partial charge < -0.3 is 10.4 Å². The van der Waals surface area contributed by atoms with Crippen molar-refractivity contribution in [1.82, 2.24) is 10.3 Å². The normalized spacial score (nSPS) is 10.8. The van der Waals surface area contributed by atoms with Crippen LogP contribution in [0.3, 0.4) is 0 Å². The zero-order chi connectivity index (χ0) is 20.5. The van der Waals surface area contributed by atoms with Gasteiger partial charge in [-0.05, 0) is 52.6 Å². The minimum absolute atomic E-state index is 0.0286. The molecule has 4 aromatic rings.